The van der Waals surface area contributed by atoms with Gasteiger partial charge >= 0.3 is 0 Å². The lowest BCUT2D eigenvalue weighted by Crippen LogP contribution is -2.38. The van der Waals surface area contributed by atoms with Crippen molar-refractivity contribution in [1.82, 2.24) is 5.32 Å². The SMILES string of the molecule is CC1CC(C)SC(=NCC(F)F)N1. The Balaban J connectivity index is 2.44. The van der Waals surface area contributed by atoms with Crippen molar-refractivity contribution < 1.29 is 8.78 Å². The summed E-state index contributed by atoms with van der Waals surface area (Å²) in [6.07, 6.45) is -1.29. The highest BCUT2D eigenvalue weighted by atomic mass is 32.2. The van der Waals surface area contributed by atoms with Gasteiger partial charge in [0.1, 0.15) is 6.54 Å². The molecule has 2 atom stereocenters. The maximum Gasteiger partial charge on any atom is 0.257 e. The second-order valence-corrected chi connectivity index (χ2v) is 4.67. The minimum Gasteiger partial charge on any atom is -0.362 e. The molecule has 1 N–H and O–H groups in total. The van der Waals surface area contributed by atoms with E-state index in [4.69, 9.17) is 0 Å². The molecule has 2 nitrogen and oxygen atoms in total. The number of aliphatic imine (C=N–C) groups is 1. The summed E-state index contributed by atoms with van der Waals surface area (Å²) >= 11 is 1.54. The van der Waals surface area contributed by atoms with Crippen molar-refractivity contribution in [3.63, 3.8) is 0 Å². The molecule has 13 heavy (non-hydrogen) atoms. The van der Waals surface area contributed by atoms with Crippen LogP contribution in [0.15, 0.2) is 4.99 Å². The van der Waals surface area contributed by atoms with Crippen LogP contribution in [0.25, 0.3) is 0 Å². The summed E-state index contributed by atoms with van der Waals surface area (Å²) in [5.41, 5.74) is 0. The predicted molar refractivity (Wildman–Crippen MR) is 52.6 cm³/mol. The summed E-state index contributed by atoms with van der Waals surface area (Å²) < 4.78 is 23.7. The van der Waals surface area contributed by atoms with Crippen LogP contribution in [-0.2, 0) is 0 Å². The lowest BCUT2D eigenvalue weighted by atomic mass is 10.2. The number of rotatable bonds is 2. The third-order valence-electron chi connectivity index (χ3n) is 1.74. The molecule has 0 aromatic rings. The van der Waals surface area contributed by atoms with Crippen LogP contribution in [0.1, 0.15) is 20.3 Å². The largest absolute Gasteiger partial charge is 0.362 e. The number of hydrogen-bond donors (Lipinski definition) is 1. The number of thioether (sulfide) groups is 1. The third kappa shape index (κ3) is 3.93. The normalized spacial score (nSPS) is 32.2. The number of nitrogens with one attached hydrogen (secondary N) is 1. The second-order valence-electron chi connectivity index (χ2n) is 3.25. The molecule has 1 fully saturated rings. The molecule has 0 aliphatic carbocycles. The molecular formula is C8H14F2N2S. The zero-order chi connectivity index (χ0) is 9.84. The number of hydrogen-bond acceptors (Lipinski definition) is 2. The fourth-order valence-electron chi connectivity index (χ4n) is 1.28. The Labute approximate surface area is 81.2 Å². The van der Waals surface area contributed by atoms with Crippen LogP contribution >= 0.6 is 11.8 Å². The van der Waals surface area contributed by atoms with Crippen molar-refractivity contribution in [3.05, 3.63) is 0 Å². The van der Waals surface area contributed by atoms with Gasteiger partial charge in [-0.25, -0.2) is 8.78 Å². The zero-order valence-electron chi connectivity index (χ0n) is 7.76. The van der Waals surface area contributed by atoms with Gasteiger partial charge in [0, 0.05) is 11.3 Å². The van der Waals surface area contributed by atoms with Gasteiger partial charge in [0.2, 0.25) is 0 Å². The Morgan fingerprint density at radius 3 is 2.85 bits per heavy atom. The third-order valence-corrected chi connectivity index (χ3v) is 2.81. The number of alkyl halides is 2. The highest BCUT2D eigenvalue weighted by molar-refractivity contribution is 8.14. The van der Waals surface area contributed by atoms with Crippen molar-refractivity contribution in [1.29, 1.82) is 0 Å². The minimum absolute atomic E-state index is 0.340. The molecule has 0 amide bonds. The highest BCUT2D eigenvalue weighted by Crippen LogP contribution is 2.22. The first-order valence-electron chi connectivity index (χ1n) is 4.33. The van der Waals surface area contributed by atoms with E-state index in [9.17, 15) is 8.78 Å². The molecular weight excluding hydrogens is 194 g/mol. The second kappa shape index (κ2) is 4.79. The van der Waals surface area contributed by atoms with Crippen molar-refractivity contribution in [2.24, 2.45) is 4.99 Å². The molecule has 1 saturated heterocycles. The molecule has 0 saturated carbocycles. The molecule has 1 aliphatic rings. The van der Waals surface area contributed by atoms with Gasteiger partial charge in [0.25, 0.3) is 6.43 Å². The maximum absolute atomic E-state index is 11.8. The first-order chi connectivity index (χ1) is 6.08. The van der Waals surface area contributed by atoms with Crippen LogP contribution in [0.5, 0.6) is 0 Å². The quantitative estimate of drug-likeness (QED) is 0.751. The van der Waals surface area contributed by atoms with Crippen molar-refractivity contribution >= 4 is 16.9 Å². The Morgan fingerprint density at radius 2 is 2.31 bits per heavy atom. The standard InChI is InChI=1S/C8H14F2N2S/c1-5-3-6(2)13-8(12-5)11-4-7(9)10/h5-7H,3-4H2,1-2H3,(H,11,12). The molecule has 0 spiro atoms. The van der Waals surface area contributed by atoms with Crippen LogP contribution < -0.4 is 5.32 Å². The van der Waals surface area contributed by atoms with Crippen molar-refractivity contribution in [3.8, 4) is 0 Å². The summed E-state index contributed by atoms with van der Waals surface area (Å²) in [5, 5.41) is 4.21. The molecule has 2 unspecified atom stereocenters. The van der Waals surface area contributed by atoms with Gasteiger partial charge in [-0.2, -0.15) is 0 Å². The van der Waals surface area contributed by atoms with Crippen LogP contribution in [0, 0.1) is 0 Å². The summed E-state index contributed by atoms with van der Waals surface area (Å²) in [7, 11) is 0. The van der Waals surface area contributed by atoms with E-state index in [1.54, 1.807) is 0 Å². The van der Waals surface area contributed by atoms with Crippen LogP contribution in [0.3, 0.4) is 0 Å². The van der Waals surface area contributed by atoms with Gasteiger partial charge in [-0.05, 0) is 13.3 Å². The number of halogens is 2. The number of amidine groups is 1. The fraction of sp³-hybridized carbons (Fsp3) is 0.875. The van der Waals surface area contributed by atoms with Crippen LogP contribution in [-0.4, -0.2) is 29.4 Å². The minimum atomic E-state index is -2.34. The molecule has 0 aromatic heterocycles. The number of nitrogens with zero attached hydrogens (tertiary/aromatic N) is 1. The monoisotopic (exact) mass is 208 g/mol. The summed E-state index contributed by atoms with van der Waals surface area (Å²) in [4.78, 5) is 3.80. The van der Waals surface area contributed by atoms with Crippen LogP contribution in [0.4, 0.5) is 8.78 Å². The lowest BCUT2D eigenvalue weighted by Gasteiger charge is -2.26. The van der Waals surface area contributed by atoms with E-state index in [1.807, 2.05) is 6.92 Å². The van der Waals surface area contributed by atoms with E-state index >= 15 is 0 Å². The fourth-order valence-corrected chi connectivity index (χ4v) is 2.46. The smallest absolute Gasteiger partial charge is 0.257 e. The molecule has 0 radical (unpaired) electrons. The van der Waals surface area contributed by atoms with Gasteiger partial charge in [0.15, 0.2) is 5.17 Å². The Kier molecular flexibility index (Phi) is 3.96. The molecule has 5 heteroatoms. The molecule has 1 heterocycles. The molecule has 0 aromatic carbocycles. The maximum atomic E-state index is 11.8. The van der Waals surface area contributed by atoms with Gasteiger partial charge in [-0.3, -0.25) is 4.99 Å². The first kappa shape index (κ1) is 10.8. The average Bonchev–Trinajstić information content (AvgIpc) is 1.99. The Bertz CT molecular complexity index is 185. The summed E-state index contributed by atoms with van der Waals surface area (Å²) in [5.74, 6) is 0. The van der Waals surface area contributed by atoms with Gasteiger partial charge in [-0.1, -0.05) is 18.7 Å². The first-order valence-corrected chi connectivity index (χ1v) is 5.21. The highest BCUT2D eigenvalue weighted by Gasteiger charge is 2.19. The summed E-state index contributed by atoms with van der Waals surface area (Å²) in [6.45, 7) is 3.72. The van der Waals surface area contributed by atoms with Crippen LogP contribution in [0.2, 0.25) is 0 Å². The van der Waals surface area contributed by atoms with Crippen molar-refractivity contribution in [2.75, 3.05) is 6.54 Å². The predicted octanol–water partition coefficient (Wildman–Crippen LogP) is 2.11. The van der Waals surface area contributed by atoms with E-state index in [1.165, 1.54) is 11.8 Å². The lowest BCUT2D eigenvalue weighted by molar-refractivity contribution is 0.158. The van der Waals surface area contributed by atoms with E-state index < -0.39 is 13.0 Å². The van der Waals surface area contributed by atoms with E-state index in [-0.39, 0.29) is 0 Å². The molecule has 76 valence electrons. The average molecular weight is 208 g/mol. The molecule has 1 rings (SSSR count). The van der Waals surface area contributed by atoms with Gasteiger partial charge in [0.05, 0.1) is 0 Å². The van der Waals surface area contributed by atoms with Crippen molar-refractivity contribution in [2.45, 2.75) is 38.0 Å². The Hall–Kier alpha value is -0.320. The van der Waals surface area contributed by atoms with E-state index in [2.05, 4.69) is 17.2 Å². The van der Waals surface area contributed by atoms with Gasteiger partial charge < -0.3 is 5.32 Å². The van der Waals surface area contributed by atoms with Gasteiger partial charge in [-0.15, -0.1) is 0 Å². The Morgan fingerprint density at radius 1 is 1.62 bits per heavy atom. The van der Waals surface area contributed by atoms with E-state index in [0.717, 1.165) is 6.42 Å². The van der Waals surface area contributed by atoms with E-state index in [0.29, 0.717) is 16.5 Å². The molecule has 0 bridgehead atoms. The zero-order valence-corrected chi connectivity index (χ0v) is 8.57. The topological polar surface area (TPSA) is 24.4 Å². The summed E-state index contributed by atoms with van der Waals surface area (Å²) in [6, 6.07) is 0.340. The molecule has 1 aliphatic heterocycles.